The number of fused-ring (bicyclic) bond motifs is 2. The van der Waals surface area contributed by atoms with Gasteiger partial charge in [-0.05, 0) is 28.8 Å². The molecule has 3 aromatic rings. The summed E-state index contributed by atoms with van der Waals surface area (Å²) in [5, 5.41) is 9.13. The minimum Gasteiger partial charge on any atom is -0.392 e. The highest BCUT2D eigenvalue weighted by Crippen LogP contribution is 2.30. The third-order valence-corrected chi connectivity index (χ3v) is 4.39. The predicted molar refractivity (Wildman–Crippen MR) is 91.1 cm³/mol. The van der Waals surface area contributed by atoms with Crippen LogP contribution in [0.15, 0.2) is 66.7 Å². The van der Waals surface area contributed by atoms with Crippen LogP contribution in [-0.4, -0.2) is 16.7 Å². The Hall–Kier alpha value is -3.04. The lowest BCUT2D eigenvalue weighted by molar-refractivity contribution is 0.0979. The van der Waals surface area contributed by atoms with Gasteiger partial charge in [0.25, 0.3) is 0 Å². The Morgan fingerprint density at radius 1 is 0.625 bits per heavy atom. The lowest BCUT2D eigenvalue weighted by Crippen LogP contribution is -2.20. The van der Waals surface area contributed by atoms with Gasteiger partial charge in [-0.3, -0.25) is 9.59 Å². The molecule has 0 heterocycles. The van der Waals surface area contributed by atoms with Crippen LogP contribution in [0.3, 0.4) is 0 Å². The zero-order chi connectivity index (χ0) is 16.7. The number of aliphatic hydroxyl groups is 1. The van der Waals surface area contributed by atoms with Crippen LogP contribution in [0.25, 0.3) is 11.1 Å². The molecular formula is C21H14O3. The van der Waals surface area contributed by atoms with Gasteiger partial charge in [0.15, 0.2) is 11.6 Å². The van der Waals surface area contributed by atoms with E-state index in [0.717, 1.165) is 16.7 Å². The van der Waals surface area contributed by atoms with E-state index >= 15 is 0 Å². The van der Waals surface area contributed by atoms with E-state index in [2.05, 4.69) is 0 Å². The molecule has 0 atom stereocenters. The third-order valence-electron chi connectivity index (χ3n) is 4.39. The minimum absolute atomic E-state index is 0.00571. The molecule has 3 heteroatoms. The van der Waals surface area contributed by atoms with Crippen molar-refractivity contribution in [1.29, 1.82) is 0 Å². The summed E-state index contributed by atoms with van der Waals surface area (Å²) >= 11 is 0. The first kappa shape index (κ1) is 14.5. The van der Waals surface area contributed by atoms with Gasteiger partial charge >= 0.3 is 0 Å². The fourth-order valence-corrected chi connectivity index (χ4v) is 3.08. The summed E-state index contributed by atoms with van der Waals surface area (Å²) in [5.41, 5.74) is 4.47. The Balaban J connectivity index is 1.83. The van der Waals surface area contributed by atoms with Crippen molar-refractivity contribution in [2.75, 3.05) is 0 Å². The third kappa shape index (κ3) is 2.18. The highest BCUT2D eigenvalue weighted by molar-refractivity contribution is 6.28. The van der Waals surface area contributed by atoms with E-state index in [1.807, 2.05) is 30.3 Å². The number of carbonyl (C=O) groups is 2. The van der Waals surface area contributed by atoms with Crippen LogP contribution >= 0.6 is 0 Å². The Morgan fingerprint density at radius 2 is 1.17 bits per heavy atom. The molecule has 1 N–H and O–H groups in total. The quantitative estimate of drug-likeness (QED) is 0.615. The van der Waals surface area contributed by atoms with Crippen LogP contribution in [0, 0.1) is 0 Å². The monoisotopic (exact) mass is 314 g/mol. The van der Waals surface area contributed by atoms with Crippen molar-refractivity contribution in [1.82, 2.24) is 0 Å². The highest BCUT2D eigenvalue weighted by Gasteiger charge is 2.29. The highest BCUT2D eigenvalue weighted by atomic mass is 16.3. The lowest BCUT2D eigenvalue weighted by Gasteiger charge is -2.18. The van der Waals surface area contributed by atoms with Crippen molar-refractivity contribution in [2.24, 2.45) is 0 Å². The number of rotatable bonds is 2. The molecule has 116 valence electrons. The van der Waals surface area contributed by atoms with Gasteiger partial charge < -0.3 is 5.11 Å². The molecule has 0 saturated heterocycles. The molecule has 0 unspecified atom stereocenters. The Morgan fingerprint density at radius 3 is 1.79 bits per heavy atom. The summed E-state index contributed by atoms with van der Waals surface area (Å²) in [7, 11) is 0. The Labute approximate surface area is 139 Å². The van der Waals surface area contributed by atoms with Crippen LogP contribution in [0.5, 0.6) is 0 Å². The molecule has 0 radical (unpaired) electrons. The van der Waals surface area contributed by atoms with E-state index in [-0.39, 0.29) is 18.2 Å². The maximum Gasteiger partial charge on any atom is 0.194 e. The number of benzene rings is 3. The topological polar surface area (TPSA) is 54.4 Å². The fraction of sp³-hybridized carbons (Fsp3) is 0.0476. The molecule has 0 aromatic heterocycles. The Bertz CT molecular complexity index is 969. The van der Waals surface area contributed by atoms with Gasteiger partial charge in [-0.1, -0.05) is 54.6 Å². The lowest BCUT2D eigenvalue weighted by atomic mass is 9.83. The summed E-state index contributed by atoms with van der Waals surface area (Å²) in [6.45, 7) is -0.00571. The fourth-order valence-electron chi connectivity index (χ4n) is 3.08. The van der Waals surface area contributed by atoms with Crippen molar-refractivity contribution < 1.29 is 14.7 Å². The van der Waals surface area contributed by atoms with Gasteiger partial charge in [0.1, 0.15) is 0 Å². The summed E-state index contributed by atoms with van der Waals surface area (Å²) in [6, 6.07) is 19.8. The molecule has 0 amide bonds. The molecule has 1 aliphatic carbocycles. The maximum absolute atomic E-state index is 12.8. The summed E-state index contributed by atoms with van der Waals surface area (Å²) in [6.07, 6.45) is 0. The van der Waals surface area contributed by atoms with Crippen LogP contribution in [0.4, 0.5) is 0 Å². The SMILES string of the molecule is O=C1c2ccccc2C(=O)c2cc(-c3ccc(CO)cc3)ccc21. The van der Waals surface area contributed by atoms with Crippen molar-refractivity contribution >= 4 is 11.6 Å². The molecule has 24 heavy (non-hydrogen) atoms. The number of hydrogen-bond acceptors (Lipinski definition) is 3. The maximum atomic E-state index is 12.8. The smallest absolute Gasteiger partial charge is 0.194 e. The van der Waals surface area contributed by atoms with Gasteiger partial charge in [0, 0.05) is 22.3 Å². The van der Waals surface area contributed by atoms with Crippen molar-refractivity contribution in [3.8, 4) is 11.1 Å². The van der Waals surface area contributed by atoms with E-state index in [4.69, 9.17) is 5.11 Å². The van der Waals surface area contributed by atoms with Gasteiger partial charge in [-0.25, -0.2) is 0 Å². The molecule has 0 aliphatic heterocycles. The first-order valence-corrected chi connectivity index (χ1v) is 7.71. The van der Waals surface area contributed by atoms with Crippen LogP contribution in [0.1, 0.15) is 37.4 Å². The standard InChI is InChI=1S/C21H14O3/c22-12-13-5-7-14(8-6-13)15-9-10-18-19(11-15)21(24)17-4-2-1-3-16(17)20(18)23/h1-11,22H,12H2. The molecule has 0 fully saturated rings. The molecule has 4 rings (SSSR count). The number of aliphatic hydroxyl groups excluding tert-OH is 1. The van der Waals surface area contributed by atoms with Crippen LogP contribution in [-0.2, 0) is 6.61 Å². The molecule has 0 spiro atoms. The van der Waals surface area contributed by atoms with Gasteiger partial charge in [-0.2, -0.15) is 0 Å². The molecule has 1 aliphatic rings. The zero-order valence-electron chi connectivity index (χ0n) is 12.8. The largest absolute Gasteiger partial charge is 0.392 e. The Kier molecular flexibility index (Phi) is 3.36. The first-order chi connectivity index (χ1) is 11.7. The average molecular weight is 314 g/mol. The van der Waals surface area contributed by atoms with Gasteiger partial charge in [0.2, 0.25) is 0 Å². The number of ketones is 2. The second-order valence-corrected chi connectivity index (χ2v) is 5.82. The molecule has 3 nitrogen and oxygen atoms in total. The van der Waals surface area contributed by atoms with Crippen LogP contribution in [0.2, 0.25) is 0 Å². The molecule has 0 bridgehead atoms. The van der Waals surface area contributed by atoms with Gasteiger partial charge in [-0.15, -0.1) is 0 Å². The average Bonchev–Trinajstić information content (AvgIpc) is 2.66. The summed E-state index contributed by atoms with van der Waals surface area (Å²) < 4.78 is 0. The van der Waals surface area contributed by atoms with E-state index in [0.29, 0.717) is 22.3 Å². The predicted octanol–water partition coefficient (Wildman–Crippen LogP) is 3.62. The van der Waals surface area contributed by atoms with E-state index in [9.17, 15) is 9.59 Å². The van der Waals surface area contributed by atoms with E-state index < -0.39 is 0 Å². The van der Waals surface area contributed by atoms with E-state index in [1.165, 1.54) is 0 Å². The first-order valence-electron chi connectivity index (χ1n) is 7.71. The summed E-state index contributed by atoms with van der Waals surface area (Å²) in [5.74, 6) is -0.226. The number of carbonyl (C=O) groups excluding carboxylic acids is 2. The molecule has 0 saturated carbocycles. The second kappa shape index (κ2) is 5.55. The molecule has 3 aromatic carbocycles. The normalized spacial score (nSPS) is 12.7. The van der Waals surface area contributed by atoms with Crippen molar-refractivity contribution in [2.45, 2.75) is 6.61 Å². The van der Waals surface area contributed by atoms with Crippen LogP contribution < -0.4 is 0 Å². The van der Waals surface area contributed by atoms with Crippen molar-refractivity contribution in [3.63, 3.8) is 0 Å². The zero-order valence-corrected chi connectivity index (χ0v) is 12.8. The van der Waals surface area contributed by atoms with E-state index in [1.54, 1.807) is 36.4 Å². The second-order valence-electron chi connectivity index (χ2n) is 5.82. The number of hydrogen-bond donors (Lipinski definition) is 1. The van der Waals surface area contributed by atoms with Crippen molar-refractivity contribution in [3.05, 3.63) is 94.5 Å². The summed E-state index contributed by atoms with van der Waals surface area (Å²) in [4.78, 5) is 25.4. The minimum atomic E-state index is -0.117. The molecular weight excluding hydrogens is 300 g/mol. The van der Waals surface area contributed by atoms with Gasteiger partial charge in [0.05, 0.1) is 6.61 Å².